The molecular formula is C20H23Cl2N5O. The van der Waals surface area contributed by atoms with Crippen molar-refractivity contribution in [2.75, 3.05) is 31.5 Å². The molecule has 4 rings (SSSR count). The summed E-state index contributed by atoms with van der Waals surface area (Å²) in [5.41, 5.74) is 4.14. The van der Waals surface area contributed by atoms with Crippen LogP contribution >= 0.6 is 24.0 Å². The number of nitrogens with one attached hydrogen (secondary N) is 1. The molecule has 0 radical (unpaired) electrons. The molecule has 3 aromatic rings. The lowest BCUT2D eigenvalue weighted by molar-refractivity contribution is 0.352. The molecule has 0 aliphatic carbocycles. The van der Waals surface area contributed by atoms with E-state index in [0.29, 0.717) is 16.5 Å². The van der Waals surface area contributed by atoms with Gasteiger partial charge in [0.1, 0.15) is 11.3 Å². The van der Waals surface area contributed by atoms with E-state index in [9.17, 15) is 5.11 Å². The molecule has 0 amide bonds. The van der Waals surface area contributed by atoms with Gasteiger partial charge in [0, 0.05) is 23.7 Å². The van der Waals surface area contributed by atoms with Gasteiger partial charge in [-0.15, -0.1) is 22.6 Å². The van der Waals surface area contributed by atoms with Gasteiger partial charge in [0.2, 0.25) is 5.95 Å². The highest BCUT2D eigenvalue weighted by Crippen LogP contribution is 2.33. The Hall–Kier alpha value is -2.15. The zero-order valence-corrected chi connectivity index (χ0v) is 17.2. The molecule has 0 bridgehead atoms. The van der Waals surface area contributed by atoms with Crippen LogP contribution in [0, 0.1) is 6.92 Å². The number of hydrogen-bond acceptors (Lipinski definition) is 6. The first kappa shape index (κ1) is 20.6. The monoisotopic (exact) mass is 419 g/mol. The summed E-state index contributed by atoms with van der Waals surface area (Å²) in [6, 6.07) is 8.81. The highest BCUT2D eigenvalue weighted by atomic mass is 35.5. The molecule has 1 saturated heterocycles. The third-order valence-corrected chi connectivity index (χ3v) is 5.25. The number of phenols is 1. The van der Waals surface area contributed by atoms with Crippen molar-refractivity contribution in [1.29, 1.82) is 0 Å². The van der Waals surface area contributed by atoms with E-state index in [1.54, 1.807) is 18.2 Å². The molecular weight excluding hydrogens is 397 g/mol. The predicted octanol–water partition coefficient (Wildman–Crippen LogP) is 4.29. The zero-order valence-electron chi connectivity index (χ0n) is 15.7. The number of phenolic OH excluding ortho intramolecular Hbond substituents is 1. The van der Waals surface area contributed by atoms with Crippen LogP contribution in [0.15, 0.2) is 30.3 Å². The molecule has 0 unspecified atom stereocenters. The Labute approximate surface area is 175 Å². The number of fused-ring (bicyclic) bond motifs is 1. The van der Waals surface area contributed by atoms with Gasteiger partial charge in [-0.3, -0.25) is 0 Å². The first-order chi connectivity index (χ1) is 13.1. The van der Waals surface area contributed by atoms with Gasteiger partial charge in [0.25, 0.3) is 0 Å². The summed E-state index contributed by atoms with van der Waals surface area (Å²) in [5, 5.41) is 22.2. The van der Waals surface area contributed by atoms with Gasteiger partial charge < -0.3 is 15.3 Å². The van der Waals surface area contributed by atoms with E-state index in [1.807, 2.05) is 19.1 Å². The number of hydrogen-bond donors (Lipinski definition) is 2. The first-order valence-electron chi connectivity index (χ1n) is 9.20. The molecule has 28 heavy (non-hydrogen) atoms. The molecule has 8 heteroatoms. The normalized spacial score (nSPS) is 14.2. The van der Waals surface area contributed by atoms with Crippen molar-refractivity contribution in [3.63, 3.8) is 0 Å². The third-order valence-electron chi connectivity index (χ3n) is 4.92. The summed E-state index contributed by atoms with van der Waals surface area (Å²) in [6.45, 7) is 6.15. The summed E-state index contributed by atoms with van der Waals surface area (Å²) >= 11 is 6.29. The van der Waals surface area contributed by atoms with Crippen molar-refractivity contribution in [2.45, 2.75) is 19.8 Å². The summed E-state index contributed by atoms with van der Waals surface area (Å²) < 4.78 is 0. The maximum Gasteiger partial charge on any atom is 0.243 e. The summed E-state index contributed by atoms with van der Waals surface area (Å²) in [7, 11) is 0. The Kier molecular flexibility index (Phi) is 6.54. The maximum atomic E-state index is 9.77. The van der Waals surface area contributed by atoms with Crippen LogP contribution < -0.4 is 5.32 Å². The minimum absolute atomic E-state index is 0. The smallest absolute Gasteiger partial charge is 0.243 e. The second kappa shape index (κ2) is 8.90. The van der Waals surface area contributed by atoms with E-state index in [4.69, 9.17) is 11.6 Å². The number of aryl methyl sites for hydroxylation is 1. The van der Waals surface area contributed by atoms with Crippen molar-refractivity contribution in [1.82, 2.24) is 20.1 Å². The second-order valence-electron chi connectivity index (χ2n) is 6.94. The molecule has 0 atom stereocenters. The Morgan fingerprint density at radius 2 is 1.93 bits per heavy atom. The van der Waals surface area contributed by atoms with E-state index in [-0.39, 0.29) is 18.2 Å². The molecule has 1 fully saturated rings. The highest BCUT2D eigenvalue weighted by molar-refractivity contribution is 6.33. The SMILES string of the molecule is Cc1cc(-c2cc(O)ccc2Cl)cc2nnc(NCCN3CCCC3)nc12.Cl. The minimum atomic E-state index is 0. The van der Waals surface area contributed by atoms with Crippen molar-refractivity contribution in [3.05, 3.63) is 40.9 Å². The molecule has 2 aromatic carbocycles. The van der Waals surface area contributed by atoms with Crippen molar-refractivity contribution >= 4 is 41.0 Å². The van der Waals surface area contributed by atoms with E-state index < -0.39 is 0 Å². The number of halogens is 2. The summed E-state index contributed by atoms with van der Waals surface area (Å²) in [5.74, 6) is 0.724. The predicted molar refractivity (Wildman–Crippen MR) is 116 cm³/mol. The van der Waals surface area contributed by atoms with Gasteiger partial charge in [0.15, 0.2) is 0 Å². The third kappa shape index (κ3) is 4.46. The van der Waals surface area contributed by atoms with E-state index in [2.05, 4.69) is 25.4 Å². The van der Waals surface area contributed by atoms with E-state index >= 15 is 0 Å². The number of rotatable bonds is 5. The number of aromatic hydroxyl groups is 1. The quantitative estimate of drug-likeness (QED) is 0.642. The van der Waals surface area contributed by atoms with Crippen LogP contribution in [0.2, 0.25) is 5.02 Å². The molecule has 0 spiro atoms. The fourth-order valence-electron chi connectivity index (χ4n) is 3.51. The molecule has 2 heterocycles. The molecule has 0 saturated carbocycles. The number of benzene rings is 2. The average molecular weight is 420 g/mol. The zero-order chi connectivity index (χ0) is 18.8. The Bertz CT molecular complexity index is 976. The van der Waals surface area contributed by atoms with Crippen molar-refractivity contribution in [2.24, 2.45) is 0 Å². The minimum Gasteiger partial charge on any atom is -0.508 e. The van der Waals surface area contributed by atoms with Crippen LogP contribution in [-0.4, -0.2) is 51.4 Å². The van der Waals surface area contributed by atoms with Crippen molar-refractivity contribution < 1.29 is 5.11 Å². The molecule has 148 valence electrons. The van der Waals surface area contributed by atoms with E-state index in [0.717, 1.165) is 35.3 Å². The van der Waals surface area contributed by atoms with Gasteiger partial charge in [0.05, 0.1) is 5.52 Å². The molecule has 1 aliphatic rings. The molecule has 6 nitrogen and oxygen atoms in total. The van der Waals surface area contributed by atoms with Crippen LogP contribution in [-0.2, 0) is 0 Å². The van der Waals surface area contributed by atoms with Crippen LogP contribution in [0.25, 0.3) is 22.2 Å². The summed E-state index contributed by atoms with van der Waals surface area (Å²) in [6.07, 6.45) is 2.58. The van der Waals surface area contributed by atoms with Gasteiger partial charge in [-0.25, -0.2) is 4.98 Å². The number of nitrogens with zero attached hydrogens (tertiary/aromatic N) is 4. The highest BCUT2D eigenvalue weighted by Gasteiger charge is 2.12. The van der Waals surface area contributed by atoms with Gasteiger partial charge in [-0.2, -0.15) is 0 Å². The lowest BCUT2D eigenvalue weighted by atomic mass is 10.0. The fourth-order valence-corrected chi connectivity index (χ4v) is 3.74. The van der Waals surface area contributed by atoms with Crippen LogP contribution in [0.5, 0.6) is 5.75 Å². The van der Waals surface area contributed by atoms with Gasteiger partial charge >= 0.3 is 0 Å². The topological polar surface area (TPSA) is 74.2 Å². The standard InChI is InChI=1S/C20H22ClN5O.ClH/c1-13-10-14(16-12-15(27)4-5-17(16)21)11-18-19(13)23-20(25-24-18)22-6-9-26-7-2-3-8-26;/h4-5,10-12,27H,2-3,6-9H2,1H3,(H,22,23,25);1H. The van der Waals surface area contributed by atoms with Crippen molar-refractivity contribution in [3.8, 4) is 16.9 Å². The summed E-state index contributed by atoms with van der Waals surface area (Å²) in [4.78, 5) is 7.07. The molecule has 1 aromatic heterocycles. The first-order valence-corrected chi connectivity index (χ1v) is 9.58. The molecule has 2 N–H and O–H groups in total. The number of likely N-dealkylation sites (tertiary alicyclic amines) is 1. The Morgan fingerprint density at radius 3 is 2.71 bits per heavy atom. The van der Waals surface area contributed by atoms with Gasteiger partial charge in [-0.05, 0) is 74.3 Å². The lowest BCUT2D eigenvalue weighted by Gasteiger charge is -2.14. The number of aromatic nitrogens is 3. The fraction of sp³-hybridized carbons (Fsp3) is 0.350. The maximum absolute atomic E-state index is 9.77. The lowest BCUT2D eigenvalue weighted by Crippen LogP contribution is -2.26. The number of anilines is 1. The average Bonchev–Trinajstić information content (AvgIpc) is 3.17. The largest absolute Gasteiger partial charge is 0.508 e. The van der Waals surface area contributed by atoms with Gasteiger partial charge in [-0.1, -0.05) is 11.6 Å². The van der Waals surface area contributed by atoms with E-state index in [1.165, 1.54) is 25.9 Å². The van der Waals surface area contributed by atoms with Crippen LogP contribution in [0.1, 0.15) is 18.4 Å². The van der Waals surface area contributed by atoms with Crippen LogP contribution in [0.4, 0.5) is 5.95 Å². The molecule has 1 aliphatic heterocycles. The Morgan fingerprint density at radius 1 is 1.14 bits per heavy atom. The van der Waals surface area contributed by atoms with Crippen LogP contribution in [0.3, 0.4) is 0 Å². The second-order valence-corrected chi connectivity index (χ2v) is 7.34. The Balaban J connectivity index is 0.00000225.